The van der Waals surface area contributed by atoms with Crippen LogP contribution in [0.1, 0.15) is 43.2 Å². The molecule has 130 valence electrons. The number of halogens is 1. The molecule has 0 spiro atoms. The summed E-state index contributed by atoms with van der Waals surface area (Å²) in [4.78, 5) is 0. The number of nitrogens with one attached hydrogen (secondary N) is 2. The maximum atomic E-state index is 14.2. The van der Waals surface area contributed by atoms with Crippen LogP contribution in [0.25, 0.3) is 0 Å². The summed E-state index contributed by atoms with van der Waals surface area (Å²) in [6, 6.07) is 6.85. The van der Waals surface area contributed by atoms with Gasteiger partial charge in [0.1, 0.15) is 17.7 Å². The zero-order valence-electron chi connectivity index (χ0n) is 14.1. The first-order chi connectivity index (χ1) is 11.7. The topological polar surface area (TPSA) is 59.2 Å². The van der Waals surface area contributed by atoms with Gasteiger partial charge in [0.2, 0.25) is 0 Å². The molecule has 0 aliphatic carbocycles. The Hall–Kier alpha value is -1.92. The van der Waals surface area contributed by atoms with E-state index in [1.165, 1.54) is 13.2 Å². The van der Waals surface area contributed by atoms with E-state index in [9.17, 15) is 4.39 Å². The van der Waals surface area contributed by atoms with Crippen LogP contribution in [0.15, 0.2) is 30.5 Å². The highest BCUT2D eigenvalue weighted by Gasteiger charge is 2.28. The van der Waals surface area contributed by atoms with E-state index in [0.29, 0.717) is 17.2 Å². The van der Waals surface area contributed by atoms with Crippen LogP contribution in [-0.4, -0.2) is 30.5 Å². The molecule has 3 rings (SSSR count). The maximum Gasteiger partial charge on any atom is 0.131 e. The van der Waals surface area contributed by atoms with E-state index in [-0.39, 0.29) is 18.0 Å². The van der Waals surface area contributed by atoms with Crippen LogP contribution in [0.5, 0.6) is 5.75 Å². The van der Waals surface area contributed by atoms with Gasteiger partial charge in [0.15, 0.2) is 0 Å². The Kier molecular flexibility index (Phi) is 5.48. The summed E-state index contributed by atoms with van der Waals surface area (Å²) in [6.45, 7) is 3.50. The Labute approximate surface area is 141 Å². The number of hydrogen-bond donors (Lipinski definition) is 2. The minimum Gasteiger partial charge on any atom is -0.497 e. The number of rotatable bonds is 6. The fourth-order valence-corrected chi connectivity index (χ4v) is 3.25. The molecule has 6 heteroatoms. The summed E-state index contributed by atoms with van der Waals surface area (Å²) in [5, 5.41) is 10.5. The molecule has 1 aliphatic rings. The number of H-pyrrole nitrogens is 1. The average Bonchev–Trinajstić information content (AvgIpc) is 3.14. The van der Waals surface area contributed by atoms with Gasteiger partial charge in [0, 0.05) is 42.9 Å². The maximum absolute atomic E-state index is 14.2. The van der Waals surface area contributed by atoms with Gasteiger partial charge in [-0.1, -0.05) is 6.07 Å². The fraction of sp³-hybridized carbons (Fsp3) is 0.500. The third kappa shape index (κ3) is 3.76. The van der Waals surface area contributed by atoms with Crippen molar-refractivity contribution in [1.82, 2.24) is 15.5 Å². The van der Waals surface area contributed by atoms with Crippen molar-refractivity contribution in [3.63, 3.8) is 0 Å². The van der Waals surface area contributed by atoms with E-state index in [1.807, 2.05) is 13.0 Å². The van der Waals surface area contributed by atoms with Crippen molar-refractivity contribution in [2.75, 3.05) is 20.3 Å². The number of methoxy groups -OCH3 is 1. The van der Waals surface area contributed by atoms with E-state index >= 15 is 0 Å². The van der Waals surface area contributed by atoms with Gasteiger partial charge < -0.3 is 14.8 Å². The number of benzene rings is 1. The van der Waals surface area contributed by atoms with Crippen LogP contribution in [-0.2, 0) is 4.74 Å². The summed E-state index contributed by atoms with van der Waals surface area (Å²) in [5.41, 5.74) is 1.65. The minimum atomic E-state index is -0.251. The predicted molar refractivity (Wildman–Crippen MR) is 89.4 cm³/mol. The summed E-state index contributed by atoms with van der Waals surface area (Å²) >= 11 is 0. The van der Waals surface area contributed by atoms with Crippen molar-refractivity contribution in [2.45, 2.75) is 31.9 Å². The normalized spacial score (nSPS) is 22.3. The van der Waals surface area contributed by atoms with Crippen LogP contribution in [0.4, 0.5) is 4.39 Å². The van der Waals surface area contributed by atoms with Crippen LogP contribution in [0.3, 0.4) is 0 Å². The zero-order valence-corrected chi connectivity index (χ0v) is 14.1. The van der Waals surface area contributed by atoms with E-state index in [4.69, 9.17) is 9.47 Å². The Morgan fingerprint density at radius 3 is 3.04 bits per heavy atom. The highest BCUT2D eigenvalue weighted by atomic mass is 19.1. The second-order valence-electron chi connectivity index (χ2n) is 6.22. The third-order valence-corrected chi connectivity index (χ3v) is 4.63. The lowest BCUT2D eigenvalue weighted by molar-refractivity contribution is -0.0308. The summed E-state index contributed by atoms with van der Waals surface area (Å²) in [5.74, 6) is 0.616. The Balaban J connectivity index is 1.63. The van der Waals surface area contributed by atoms with Crippen molar-refractivity contribution < 1.29 is 13.9 Å². The van der Waals surface area contributed by atoms with Gasteiger partial charge in [-0.15, -0.1) is 0 Å². The molecule has 0 saturated carbocycles. The molecule has 0 amide bonds. The predicted octanol–water partition coefficient (Wildman–Crippen LogP) is 3.38. The van der Waals surface area contributed by atoms with E-state index in [0.717, 1.165) is 31.7 Å². The van der Waals surface area contributed by atoms with Crippen LogP contribution in [0.2, 0.25) is 0 Å². The van der Waals surface area contributed by atoms with Crippen molar-refractivity contribution in [3.8, 4) is 5.75 Å². The highest BCUT2D eigenvalue weighted by molar-refractivity contribution is 5.30. The molecule has 2 N–H and O–H groups in total. The molecule has 1 fully saturated rings. The van der Waals surface area contributed by atoms with E-state index < -0.39 is 0 Å². The second-order valence-corrected chi connectivity index (χ2v) is 6.22. The summed E-state index contributed by atoms with van der Waals surface area (Å²) in [6.07, 6.45) is 3.88. The van der Waals surface area contributed by atoms with Gasteiger partial charge in [-0.2, -0.15) is 5.10 Å². The van der Waals surface area contributed by atoms with Gasteiger partial charge in [-0.3, -0.25) is 5.10 Å². The molecular weight excluding hydrogens is 309 g/mol. The highest BCUT2D eigenvalue weighted by Crippen LogP contribution is 2.32. The molecule has 1 aromatic carbocycles. The van der Waals surface area contributed by atoms with Gasteiger partial charge in [0.05, 0.1) is 12.8 Å². The summed E-state index contributed by atoms with van der Waals surface area (Å²) < 4.78 is 25.2. The van der Waals surface area contributed by atoms with E-state index in [1.54, 1.807) is 18.3 Å². The Morgan fingerprint density at radius 1 is 1.46 bits per heavy atom. The Morgan fingerprint density at radius 2 is 2.33 bits per heavy atom. The molecule has 1 aliphatic heterocycles. The molecule has 0 bridgehead atoms. The van der Waals surface area contributed by atoms with Crippen LogP contribution < -0.4 is 10.1 Å². The smallest absolute Gasteiger partial charge is 0.131 e. The first-order valence-electron chi connectivity index (χ1n) is 8.36. The van der Waals surface area contributed by atoms with Crippen molar-refractivity contribution in [1.29, 1.82) is 0 Å². The van der Waals surface area contributed by atoms with Crippen LogP contribution in [0, 0.1) is 11.7 Å². The first kappa shape index (κ1) is 16.9. The van der Waals surface area contributed by atoms with Gasteiger partial charge in [0.25, 0.3) is 0 Å². The lowest BCUT2D eigenvalue weighted by atomic mass is 9.91. The largest absolute Gasteiger partial charge is 0.497 e. The molecule has 1 aromatic heterocycles. The number of aromatic amines is 1. The van der Waals surface area contributed by atoms with Crippen LogP contribution >= 0.6 is 0 Å². The standard InChI is InChI=1S/C18H24FN3O2/c1-12(15-6-5-14(23-2)10-16(15)19)20-11-13-4-3-9-24-18(13)17-7-8-21-22-17/h5-8,10,12-13,18,20H,3-4,9,11H2,1-2H3,(H,21,22)/t12?,13-,18+/m0/s1. The SMILES string of the molecule is COc1ccc(C(C)NC[C@@H]2CCCO[C@H]2c2ccn[nH]2)c(F)c1. The zero-order chi connectivity index (χ0) is 16.9. The van der Waals surface area contributed by atoms with Crippen molar-refractivity contribution in [3.05, 3.63) is 47.5 Å². The van der Waals surface area contributed by atoms with E-state index in [2.05, 4.69) is 15.5 Å². The molecule has 0 radical (unpaired) electrons. The Bertz CT molecular complexity index is 648. The lowest BCUT2D eigenvalue weighted by Crippen LogP contribution is -2.33. The molecule has 1 saturated heterocycles. The number of hydrogen-bond acceptors (Lipinski definition) is 4. The molecule has 24 heavy (non-hydrogen) atoms. The molecule has 2 heterocycles. The van der Waals surface area contributed by atoms with Crippen molar-refractivity contribution in [2.24, 2.45) is 5.92 Å². The molecule has 1 unspecified atom stereocenters. The first-order valence-corrected chi connectivity index (χ1v) is 8.36. The third-order valence-electron chi connectivity index (χ3n) is 4.63. The average molecular weight is 333 g/mol. The molecule has 5 nitrogen and oxygen atoms in total. The number of nitrogens with zero attached hydrogens (tertiary/aromatic N) is 1. The number of ether oxygens (including phenoxy) is 2. The van der Waals surface area contributed by atoms with Crippen molar-refractivity contribution >= 4 is 0 Å². The molecular formula is C18H24FN3O2. The fourth-order valence-electron chi connectivity index (χ4n) is 3.25. The molecule has 2 aromatic rings. The van der Waals surface area contributed by atoms with Gasteiger partial charge in [-0.05, 0) is 31.9 Å². The lowest BCUT2D eigenvalue weighted by Gasteiger charge is -2.32. The quantitative estimate of drug-likeness (QED) is 0.851. The van der Waals surface area contributed by atoms with Gasteiger partial charge >= 0.3 is 0 Å². The molecule has 3 atom stereocenters. The second kappa shape index (κ2) is 7.77. The number of aromatic nitrogens is 2. The monoisotopic (exact) mass is 333 g/mol. The summed E-state index contributed by atoms with van der Waals surface area (Å²) in [7, 11) is 1.54. The minimum absolute atomic E-state index is 0.0154. The van der Waals surface area contributed by atoms with Gasteiger partial charge in [-0.25, -0.2) is 4.39 Å².